The quantitative estimate of drug-likeness (QED) is 0.406. The van der Waals surface area contributed by atoms with Crippen LogP contribution in [-0.4, -0.2) is 25.7 Å². The van der Waals surface area contributed by atoms with Gasteiger partial charge in [-0.05, 0) is 36.4 Å². The van der Waals surface area contributed by atoms with E-state index in [2.05, 4.69) is 15.1 Å². The van der Waals surface area contributed by atoms with Crippen molar-refractivity contribution in [3.63, 3.8) is 0 Å². The van der Waals surface area contributed by atoms with Gasteiger partial charge in [-0.15, -0.1) is 0 Å². The van der Waals surface area contributed by atoms with Gasteiger partial charge in [0.1, 0.15) is 12.3 Å². The molecule has 0 aliphatic heterocycles. The van der Waals surface area contributed by atoms with Gasteiger partial charge in [-0.3, -0.25) is 9.36 Å². The van der Waals surface area contributed by atoms with Crippen molar-refractivity contribution in [2.45, 2.75) is 13.5 Å². The van der Waals surface area contributed by atoms with E-state index >= 15 is 0 Å². The molecule has 0 saturated heterocycles. The van der Waals surface area contributed by atoms with Gasteiger partial charge >= 0.3 is 5.97 Å². The van der Waals surface area contributed by atoms with E-state index in [0.717, 1.165) is 5.56 Å². The molecule has 0 saturated carbocycles. The number of hydrogen-bond donors (Lipinski definition) is 0. The van der Waals surface area contributed by atoms with Gasteiger partial charge in [0.2, 0.25) is 11.7 Å². The molecule has 0 unspecified atom stereocenters. The van der Waals surface area contributed by atoms with Crippen LogP contribution in [0.1, 0.15) is 5.89 Å². The zero-order valence-corrected chi connectivity index (χ0v) is 14.3. The lowest BCUT2D eigenvalue weighted by Gasteiger charge is -2.09. The van der Waals surface area contributed by atoms with Crippen LogP contribution in [0.5, 0.6) is 5.75 Å². The van der Waals surface area contributed by atoms with Crippen molar-refractivity contribution >= 4 is 17.0 Å². The van der Waals surface area contributed by atoms with Crippen LogP contribution < -0.4 is 10.3 Å². The predicted molar refractivity (Wildman–Crippen MR) is 96.1 cm³/mol. The summed E-state index contributed by atoms with van der Waals surface area (Å²) in [5, 5.41) is 3.83. The third kappa shape index (κ3) is 3.45. The summed E-state index contributed by atoms with van der Waals surface area (Å²) in [5.74, 6) is 0.725. The summed E-state index contributed by atoms with van der Waals surface area (Å²) in [6, 6.07) is 13.8. The average molecular weight is 362 g/mol. The van der Waals surface area contributed by atoms with Crippen LogP contribution in [0.4, 0.5) is 0 Å². The first-order valence-corrected chi connectivity index (χ1v) is 8.16. The summed E-state index contributed by atoms with van der Waals surface area (Å²) in [6.45, 7) is 1.49. The monoisotopic (exact) mass is 362 g/mol. The summed E-state index contributed by atoms with van der Waals surface area (Å²) in [7, 11) is 0. The Kier molecular flexibility index (Phi) is 4.21. The van der Waals surface area contributed by atoms with E-state index in [1.807, 2.05) is 6.07 Å². The van der Waals surface area contributed by atoms with Gasteiger partial charge in [0, 0.05) is 12.5 Å². The summed E-state index contributed by atoms with van der Waals surface area (Å²) >= 11 is 0. The maximum absolute atomic E-state index is 12.3. The molecule has 2 aromatic carbocycles. The summed E-state index contributed by atoms with van der Waals surface area (Å²) in [5.41, 5.74) is 1.57. The molecule has 0 aliphatic rings. The number of hydrogen-bond acceptors (Lipinski definition) is 7. The summed E-state index contributed by atoms with van der Waals surface area (Å²) in [4.78, 5) is 32.6. The maximum Gasteiger partial charge on any atom is 0.331 e. The van der Waals surface area contributed by atoms with Gasteiger partial charge < -0.3 is 9.26 Å². The molecule has 4 rings (SSSR count). The molecule has 0 N–H and O–H groups in total. The Morgan fingerprint density at radius 2 is 1.93 bits per heavy atom. The Morgan fingerprint density at radius 1 is 1.15 bits per heavy atom. The fourth-order valence-electron chi connectivity index (χ4n) is 2.66. The standard InChI is InChI=1S/C19H14N4O4/c1-12-21-19(22-27-12)13-6-8-14(9-7-13)26-18(25)11-23-16-5-3-2-4-15(16)20-10-17(23)24/h2-10H,11H2,1H3. The van der Waals surface area contributed by atoms with Gasteiger partial charge in [0.15, 0.2) is 0 Å². The Morgan fingerprint density at radius 3 is 2.67 bits per heavy atom. The molecular weight excluding hydrogens is 348 g/mol. The molecule has 4 aromatic rings. The first kappa shape index (κ1) is 16.6. The highest BCUT2D eigenvalue weighted by Crippen LogP contribution is 2.20. The highest BCUT2D eigenvalue weighted by atomic mass is 16.5. The second kappa shape index (κ2) is 6.83. The third-order valence-electron chi connectivity index (χ3n) is 3.91. The lowest BCUT2D eigenvalue weighted by atomic mass is 10.2. The molecule has 0 spiro atoms. The molecule has 0 radical (unpaired) electrons. The normalized spacial score (nSPS) is 10.9. The first-order valence-electron chi connectivity index (χ1n) is 8.16. The fraction of sp³-hybridized carbons (Fsp3) is 0.105. The zero-order valence-electron chi connectivity index (χ0n) is 14.3. The van der Waals surface area contributed by atoms with Crippen LogP contribution >= 0.6 is 0 Å². The number of nitrogens with zero attached hydrogens (tertiary/aromatic N) is 4. The number of carbonyl (C=O) groups is 1. The number of fused-ring (bicyclic) bond motifs is 1. The molecule has 0 bridgehead atoms. The van der Waals surface area contributed by atoms with Crippen molar-refractivity contribution in [3.05, 3.63) is 71.0 Å². The topological polar surface area (TPSA) is 100 Å². The van der Waals surface area contributed by atoms with Gasteiger partial charge in [-0.25, -0.2) is 9.78 Å². The molecule has 8 heteroatoms. The van der Waals surface area contributed by atoms with Gasteiger partial charge in [0.25, 0.3) is 5.56 Å². The van der Waals surface area contributed by atoms with Crippen LogP contribution in [0.25, 0.3) is 22.4 Å². The fourth-order valence-corrected chi connectivity index (χ4v) is 2.66. The third-order valence-corrected chi connectivity index (χ3v) is 3.91. The Bertz CT molecular complexity index is 1180. The van der Waals surface area contributed by atoms with Crippen LogP contribution in [0.2, 0.25) is 0 Å². The second-order valence-corrected chi connectivity index (χ2v) is 5.81. The van der Waals surface area contributed by atoms with Crippen molar-refractivity contribution in [3.8, 4) is 17.1 Å². The number of aryl methyl sites for hydroxylation is 1. The number of carbonyl (C=O) groups excluding carboxylic acids is 1. The van der Waals surface area contributed by atoms with Crippen LogP contribution in [0.3, 0.4) is 0 Å². The van der Waals surface area contributed by atoms with Crippen molar-refractivity contribution in [2.75, 3.05) is 0 Å². The van der Waals surface area contributed by atoms with E-state index in [4.69, 9.17) is 9.26 Å². The Hall–Kier alpha value is -3.81. The lowest BCUT2D eigenvalue weighted by Crippen LogP contribution is -2.26. The number of ether oxygens (including phenoxy) is 1. The van der Waals surface area contributed by atoms with Gasteiger partial charge in [0.05, 0.1) is 17.2 Å². The van der Waals surface area contributed by atoms with E-state index in [0.29, 0.717) is 28.5 Å². The number of esters is 1. The van der Waals surface area contributed by atoms with E-state index in [-0.39, 0.29) is 12.1 Å². The average Bonchev–Trinajstić information content (AvgIpc) is 3.11. The lowest BCUT2D eigenvalue weighted by molar-refractivity contribution is -0.135. The number of aromatic nitrogens is 4. The van der Waals surface area contributed by atoms with Crippen molar-refractivity contribution in [2.24, 2.45) is 0 Å². The Balaban J connectivity index is 1.52. The van der Waals surface area contributed by atoms with Crippen molar-refractivity contribution in [1.29, 1.82) is 0 Å². The summed E-state index contributed by atoms with van der Waals surface area (Å²) < 4.78 is 11.6. The molecule has 8 nitrogen and oxygen atoms in total. The van der Waals surface area contributed by atoms with E-state index < -0.39 is 5.97 Å². The molecule has 2 aromatic heterocycles. The molecule has 0 fully saturated rings. The van der Waals surface area contributed by atoms with Crippen LogP contribution in [0.15, 0.2) is 64.0 Å². The van der Waals surface area contributed by atoms with Crippen LogP contribution in [0, 0.1) is 6.92 Å². The van der Waals surface area contributed by atoms with E-state index in [1.54, 1.807) is 49.4 Å². The number of benzene rings is 2. The summed E-state index contributed by atoms with van der Waals surface area (Å²) in [6.07, 6.45) is 1.19. The largest absolute Gasteiger partial charge is 0.425 e. The maximum atomic E-state index is 12.3. The minimum atomic E-state index is -0.559. The molecule has 0 amide bonds. The van der Waals surface area contributed by atoms with E-state index in [9.17, 15) is 9.59 Å². The van der Waals surface area contributed by atoms with Crippen molar-refractivity contribution in [1.82, 2.24) is 19.7 Å². The number of rotatable bonds is 4. The second-order valence-electron chi connectivity index (χ2n) is 5.81. The zero-order chi connectivity index (χ0) is 18.8. The molecule has 134 valence electrons. The molecule has 2 heterocycles. The van der Waals surface area contributed by atoms with E-state index in [1.165, 1.54) is 10.8 Å². The smallest absolute Gasteiger partial charge is 0.331 e. The Labute approximate surface area is 153 Å². The predicted octanol–water partition coefficient (Wildman–Crippen LogP) is 2.36. The first-order chi connectivity index (χ1) is 13.1. The minimum absolute atomic E-state index is 0.215. The SMILES string of the molecule is Cc1nc(-c2ccc(OC(=O)Cn3c(=O)cnc4ccccc43)cc2)no1. The highest BCUT2D eigenvalue weighted by Gasteiger charge is 2.12. The van der Waals surface area contributed by atoms with Crippen LogP contribution in [-0.2, 0) is 11.3 Å². The van der Waals surface area contributed by atoms with Gasteiger partial charge in [-0.1, -0.05) is 17.3 Å². The molecule has 0 aliphatic carbocycles. The molecule has 27 heavy (non-hydrogen) atoms. The highest BCUT2D eigenvalue weighted by molar-refractivity contribution is 5.78. The molecule has 0 atom stereocenters. The minimum Gasteiger partial charge on any atom is -0.425 e. The van der Waals surface area contributed by atoms with Crippen molar-refractivity contribution < 1.29 is 14.1 Å². The van der Waals surface area contributed by atoms with Gasteiger partial charge in [-0.2, -0.15) is 4.98 Å². The number of para-hydroxylation sites is 2. The molecular formula is C19H14N4O4.